The Hall–Kier alpha value is -1.80. The molecular formula is C25H36ClN3O4S. The summed E-state index contributed by atoms with van der Waals surface area (Å²) < 4.78 is 24.0. The summed E-state index contributed by atoms with van der Waals surface area (Å²) in [5, 5.41) is 3.34. The Morgan fingerprint density at radius 2 is 1.71 bits per heavy atom. The summed E-state index contributed by atoms with van der Waals surface area (Å²) in [4.78, 5) is 29.8. The minimum absolute atomic E-state index is 0.00923. The largest absolute Gasteiger partial charge is 0.333 e. The highest BCUT2D eigenvalue weighted by molar-refractivity contribution is 7.91. The molecule has 3 aliphatic rings. The molecule has 0 aromatic heterocycles. The lowest BCUT2D eigenvalue weighted by Crippen LogP contribution is -2.67. The van der Waals surface area contributed by atoms with E-state index in [1.165, 1.54) is 6.26 Å². The predicted molar refractivity (Wildman–Crippen MR) is 135 cm³/mol. The second-order valence-electron chi connectivity index (χ2n) is 10.4. The van der Waals surface area contributed by atoms with Crippen molar-refractivity contribution in [2.24, 2.45) is 11.8 Å². The molecule has 1 aromatic carbocycles. The van der Waals surface area contributed by atoms with Crippen LogP contribution in [0.15, 0.2) is 24.3 Å². The van der Waals surface area contributed by atoms with Gasteiger partial charge in [-0.25, -0.2) is 13.2 Å². The molecule has 7 nitrogen and oxygen atoms in total. The molecule has 0 spiro atoms. The van der Waals surface area contributed by atoms with Crippen LogP contribution < -0.4 is 5.32 Å². The first-order chi connectivity index (χ1) is 16.0. The van der Waals surface area contributed by atoms with E-state index in [4.69, 9.17) is 11.6 Å². The van der Waals surface area contributed by atoms with Gasteiger partial charge < -0.3 is 15.1 Å². The number of benzene rings is 1. The third-order valence-corrected chi connectivity index (χ3v) is 10.1. The molecule has 3 fully saturated rings. The average molecular weight is 510 g/mol. The van der Waals surface area contributed by atoms with Gasteiger partial charge in [-0.15, -0.1) is 0 Å². The Kier molecular flexibility index (Phi) is 7.48. The number of piperazine rings is 1. The maximum Gasteiger partial charge on any atom is 0.322 e. The fourth-order valence-corrected chi connectivity index (χ4v) is 7.93. The minimum atomic E-state index is -2.99. The van der Waals surface area contributed by atoms with Crippen LogP contribution in [-0.4, -0.2) is 66.3 Å². The first-order valence-electron chi connectivity index (χ1n) is 12.4. The number of fused-ring (bicyclic) bond motifs is 1. The Balaban J connectivity index is 1.51. The van der Waals surface area contributed by atoms with E-state index >= 15 is 0 Å². The van der Waals surface area contributed by atoms with Crippen LogP contribution in [-0.2, 0) is 14.6 Å². The molecule has 1 heterocycles. The molecule has 4 atom stereocenters. The van der Waals surface area contributed by atoms with Crippen LogP contribution in [0, 0.1) is 11.8 Å². The third kappa shape index (κ3) is 5.38. The maximum absolute atomic E-state index is 13.4. The summed E-state index contributed by atoms with van der Waals surface area (Å²) in [6.07, 6.45) is 7.36. The van der Waals surface area contributed by atoms with Gasteiger partial charge in [0.15, 0.2) is 0 Å². The van der Waals surface area contributed by atoms with E-state index in [-0.39, 0.29) is 35.3 Å². The standard InChI is InChI=1S/C25H36ClN3O4S/c1-16-15-28(25(31)27-21-6-4-5-20(26)14-21)24-13-19(9-12-23(24)29(16)17(2)30)18-7-10-22(11-8-18)34(3,32)33/h4-6,14,16,18-19,22-24H,7-13,15H2,1-3H3,(H,27,31)/t16-,18?,19?,22?,23?,24?/m0/s1. The molecule has 4 rings (SSSR count). The van der Waals surface area contributed by atoms with Gasteiger partial charge in [0.2, 0.25) is 5.91 Å². The molecule has 2 saturated carbocycles. The van der Waals surface area contributed by atoms with Gasteiger partial charge in [0, 0.05) is 36.5 Å². The van der Waals surface area contributed by atoms with Crippen molar-refractivity contribution >= 4 is 39.1 Å². The van der Waals surface area contributed by atoms with Gasteiger partial charge in [0.25, 0.3) is 0 Å². The summed E-state index contributed by atoms with van der Waals surface area (Å²) in [6.45, 7) is 4.12. The molecule has 2 aliphatic carbocycles. The lowest BCUT2D eigenvalue weighted by molar-refractivity contribution is -0.141. The summed E-state index contributed by atoms with van der Waals surface area (Å²) in [5.41, 5.74) is 0.655. The molecule has 1 N–H and O–H groups in total. The number of carbonyl (C=O) groups is 2. The Morgan fingerprint density at radius 3 is 2.32 bits per heavy atom. The highest BCUT2D eigenvalue weighted by Gasteiger charge is 2.47. The second-order valence-corrected chi connectivity index (χ2v) is 13.2. The van der Waals surface area contributed by atoms with E-state index in [0.717, 1.165) is 44.9 Å². The number of rotatable bonds is 3. The molecule has 34 heavy (non-hydrogen) atoms. The topological polar surface area (TPSA) is 86.8 Å². The molecular weight excluding hydrogens is 474 g/mol. The van der Waals surface area contributed by atoms with E-state index in [0.29, 0.717) is 29.1 Å². The van der Waals surface area contributed by atoms with Crippen molar-refractivity contribution in [1.82, 2.24) is 9.80 Å². The predicted octanol–water partition coefficient (Wildman–Crippen LogP) is 4.57. The lowest BCUT2D eigenvalue weighted by Gasteiger charge is -2.54. The van der Waals surface area contributed by atoms with Gasteiger partial charge >= 0.3 is 6.03 Å². The Labute approximate surface area is 208 Å². The number of hydrogen-bond donors (Lipinski definition) is 1. The second kappa shape index (κ2) is 10.1. The first kappa shape index (κ1) is 25.3. The third-order valence-electron chi connectivity index (χ3n) is 8.21. The number of carbonyl (C=O) groups excluding carboxylic acids is 2. The normalized spacial score (nSPS) is 32.1. The quantitative estimate of drug-likeness (QED) is 0.646. The van der Waals surface area contributed by atoms with Gasteiger partial charge in [-0.2, -0.15) is 0 Å². The molecule has 3 unspecified atom stereocenters. The molecule has 1 saturated heterocycles. The molecule has 1 aromatic rings. The summed E-state index contributed by atoms with van der Waals surface area (Å²) in [5.74, 6) is 0.969. The first-order valence-corrected chi connectivity index (χ1v) is 14.7. The molecule has 188 valence electrons. The number of halogens is 1. The zero-order valence-corrected chi connectivity index (χ0v) is 21.8. The summed E-state index contributed by atoms with van der Waals surface area (Å²) >= 11 is 6.10. The minimum Gasteiger partial charge on any atom is -0.333 e. The van der Waals surface area contributed by atoms with E-state index < -0.39 is 9.84 Å². The number of hydrogen-bond acceptors (Lipinski definition) is 4. The molecule has 0 radical (unpaired) electrons. The molecule has 0 bridgehead atoms. The number of urea groups is 1. The van der Waals surface area contributed by atoms with Gasteiger partial charge in [-0.1, -0.05) is 17.7 Å². The Morgan fingerprint density at radius 1 is 1.03 bits per heavy atom. The lowest BCUT2D eigenvalue weighted by atomic mass is 9.69. The van der Waals surface area contributed by atoms with Crippen LogP contribution in [0.1, 0.15) is 58.8 Å². The van der Waals surface area contributed by atoms with Crippen molar-refractivity contribution in [1.29, 1.82) is 0 Å². The SMILES string of the molecule is CC(=O)N1C2CCC(C3CCC(S(C)(=O)=O)CC3)CC2N(C(=O)Nc2cccc(Cl)c2)C[C@@H]1C. The van der Waals surface area contributed by atoms with Gasteiger partial charge in [0.1, 0.15) is 9.84 Å². The number of nitrogens with one attached hydrogen (secondary N) is 1. The number of nitrogens with zero attached hydrogens (tertiary/aromatic N) is 2. The van der Waals surface area contributed by atoms with Crippen molar-refractivity contribution in [2.45, 2.75) is 82.2 Å². The zero-order chi connectivity index (χ0) is 24.6. The van der Waals surface area contributed by atoms with Crippen LogP contribution in [0.3, 0.4) is 0 Å². The van der Waals surface area contributed by atoms with Gasteiger partial charge in [-0.05, 0) is 81.9 Å². The van der Waals surface area contributed by atoms with Crippen LogP contribution in [0.5, 0.6) is 0 Å². The van der Waals surface area contributed by atoms with E-state index in [1.54, 1.807) is 25.1 Å². The summed E-state index contributed by atoms with van der Waals surface area (Å²) in [7, 11) is -2.99. The van der Waals surface area contributed by atoms with E-state index in [9.17, 15) is 18.0 Å². The number of amides is 3. The van der Waals surface area contributed by atoms with E-state index in [1.807, 2.05) is 22.8 Å². The van der Waals surface area contributed by atoms with Crippen LogP contribution >= 0.6 is 11.6 Å². The number of sulfone groups is 1. The van der Waals surface area contributed by atoms with Gasteiger partial charge in [-0.3, -0.25) is 4.79 Å². The van der Waals surface area contributed by atoms with Crippen molar-refractivity contribution < 1.29 is 18.0 Å². The van der Waals surface area contributed by atoms with Crippen molar-refractivity contribution in [3.63, 3.8) is 0 Å². The highest BCUT2D eigenvalue weighted by Crippen LogP contribution is 2.43. The number of anilines is 1. The fourth-order valence-electron chi connectivity index (χ4n) is 6.61. The van der Waals surface area contributed by atoms with Crippen molar-refractivity contribution in [3.8, 4) is 0 Å². The fraction of sp³-hybridized carbons (Fsp3) is 0.680. The highest BCUT2D eigenvalue weighted by atomic mass is 35.5. The van der Waals surface area contributed by atoms with Gasteiger partial charge in [0.05, 0.1) is 17.3 Å². The van der Waals surface area contributed by atoms with Crippen LogP contribution in [0.4, 0.5) is 10.5 Å². The average Bonchev–Trinajstić information content (AvgIpc) is 2.77. The molecule has 9 heteroatoms. The molecule has 1 aliphatic heterocycles. The maximum atomic E-state index is 13.4. The van der Waals surface area contributed by atoms with E-state index in [2.05, 4.69) is 5.32 Å². The molecule has 3 amide bonds. The zero-order valence-electron chi connectivity index (χ0n) is 20.2. The smallest absolute Gasteiger partial charge is 0.322 e. The Bertz CT molecular complexity index is 1020. The monoisotopic (exact) mass is 509 g/mol. The van der Waals surface area contributed by atoms with Crippen LogP contribution in [0.25, 0.3) is 0 Å². The van der Waals surface area contributed by atoms with Crippen LogP contribution in [0.2, 0.25) is 5.02 Å². The summed E-state index contributed by atoms with van der Waals surface area (Å²) in [6, 6.07) is 6.88. The van der Waals surface area contributed by atoms with Crippen molar-refractivity contribution in [3.05, 3.63) is 29.3 Å². The van der Waals surface area contributed by atoms with Crippen molar-refractivity contribution in [2.75, 3.05) is 18.1 Å².